The topological polar surface area (TPSA) is 63.2 Å². The monoisotopic (exact) mass is 424 g/mol. The molecular weight excluding hydrogens is 389 g/mol. The molecule has 6 nitrogen and oxygen atoms in total. The van der Waals surface area contributed by atoms with Crippen molar-refractivity contribution in [3.63, 3.8) is 0 Å². The fourth-order valence-electron chi connectivity index (χ4n) is 1.71. The summed E-state index contributed by atoms with van der Waals surface area (Å²) in [6.07, 6.45) is 1.38. The maximum absolute atomic E-state index is 11.9. The average Bonchev–Trinajstić information content (AvgIpc) is 2.29. The summed E-state index contributed by atoms with van der Waals surface area (Å²) in [7, 11) is -9.49. The van der Waals surface area contributed by atoms with E-state index >= 15 is 0 Å². The Morgan fingerprint density at radius 1 is 0.800 bits per heavy atom. The van der Waals surface area contributed by atoms with Gasteiger partial charge in [-0.05, 0) is 72.8 Å². The highest BCUT2D eigenvalue weighted by Gasteiger charge is 2.55. The van der Waals surface area contributed by atoms with E-state index in [4.69, 9.17) is 21.5 Å². The molecule has 0 aromatic rings. The molecule has 0 aliphatic heterocycles. The number of rotatable bonds is 10. The van der Waals surface area contributed by atoms with Crippen molar-refractivity contribution in [1.82, 2.24) is 0 Å². The van der Waals surface area contributed by atoms with E-state index < -0.39 is 40.0 Å². The molecule has 0 bridgehead atoms. The molecule has 10 heteroatoms. The van der Waals surface area contributed by atoms with E-state index in [1.807, 2.05) is 0 Å². The van der Waals surface area contributed by atoms with Crippen LogP contribution in [0.15, 0.2) is 11.8 Å². The molecule has 25 heavy (non-hydrogen) atoms. The van der Waals surface area contributed by atoms with Gasteiger partial charge in [0.25, 0.3) is 0 Å². The fourth-order valence-corrected chi connectivity index (χ4v) is 13.2. The van der Waals surface area contributed by atoms with Crippen molar-refractivity contribution in [2.75, 3.05) is 6.61 Å². The molecule has 0 amide bonds. The van der Waals surface area contributed by atoms with Gasteiger partial charge in [-0.15, -0.1) is 0 Å². The van der Waals surface area contributed by atoms with Gasteiger partial charge >= 0.3 is 15.0 Å². The number of hydrogen-bond acceptors (Lipinski definition) is 6. The third-order valence-electron chi connectivity index (χ3n) is 2.27. The zero-order chi connectivity index (χ0) is 20.1. The molecule has 0 radical (unpaired) electrons. The van der Waals surface area contributed by atoms with Gasteiger partial charge in [-0.25, -0.2) is 4.79 Å². The molecule has 0 saturated carbocycles. The van der Waals surface area contributed by atoms with Gasteiger partial charge in [0.05, 0.1) is 18.4 Å². The first-order valence-corrected chi connectivity index (χ1v) is 20.5. The largest absolute Gasteiger partial charge is 0.717 e. The van der Waals surface area contributed by atoms with E-state index in [0.717, 1.165) is 0 Å². The Kier molecular flexibility index (Phi) is 9.02. The molecule has 0 spiro atoms. The van der Waals surface area contributed by atoms with E-state index in [0.29, 0.717) is 12.2 Å². The first kappa shape index (κ1) is 24.8. The molecule has 148 valence electrons. The van der Waals surface area contributed by atoms with E-state index in [1.54, 1.807) is 13.8 Å². The van der Waals surface area contributed by atoms with Gasteiger partial charge in [0.1, 0.15) is 0 Å². The zero-order valence-corrected chi connectivity index (χ0v) is 21.7. The van der Waals surface area contributed by atoms with Crippen molar-refractivity contribution in [2.24, 2.45) is 0 Å². The summed E-state index contributed by atoms with van der Waals surface area (Å²) in [6, 6.07) is 0. The molecule has 0 unspecified atom stereocenters. The van der Waals surface area contributed by atoms with Crippen molar-refractivity contribution in [1.29, 1.82) is 0 Å². The smallest absolute Gasteiger partial charge is 0.488 e. The lowest BCUT2D eigenvalue weighted by Gasteiger charge is -2.39. The minimum absolute atomic E-state index is 0.314. The van der Waals surface area contributed by atoms with Crippen molar-refractivity contribution >= 4 is 40.0 Å². The normalized spacial score (nSPS) is 14.4. The Balaban J connectivity index is 5.80. The van der Waals surface area contributed by atoms with Crippen LogP contribution in [0.1, 0.15) is 13.8 Å². The fraction of sp³-hybridized carbons (Fsp3) is 0.800. The quantitative estimate of drug-likeness (QED) is 0.223. The van der Waals surface area contributed by atoms with Gasteiger partial charge in [0.2, 0.25) is 0 Å². The van der Waals surface area contributed by atoms with E-state index in [-0.39, 0.29) is 0 Å². The molecule has 0 aromatic carbocycles. The highest BCUT2D eigenvalue weighted by Crippen LogP contribution is 2.27. The van der Waals surface area contributed by atoms with E-state index in [2.05, 4.69) is 58.9 Å². The van der Waals surface area contributed by atoms with Crippen LogP contribution in [-0.4, -0.2) is 46.6 Å². The zero-order valence-electron chi connectivity index (χ0n) is 17.7. The van der Waals surface area contributed by atoms with Crippen LogP contribution in [0.4, 0.5) is 0 Å². The summed E-state index contributed by atoms with van der Waals surface area (Å²) in [5.41, 5.74) is 0.358. The minimum Gasteiger partial charge on any atom is -0.488 e. The molecule has 0 aliphatic rings. The number of carbonyl (C=O) groups excluding carboxylic acids is 1. The maximum atomic E-state index is 11.9. The lowest BCUT2D eigenvalue weighted by Crippen LogP contribution is -2.61. The number of ether oxygens (including phenoxy) is 1. The van der Waals surface area contributed by atoms with Crippen LogP contribution in [0, 0.1) is 0 Å². The molecule has 0 N–H and O–H groups in total. The Morgan fingerprint density at radius 3 is 1.44 bits per heavy atom. The van der Waals surface area contributed by atoms with Crippen molar-refractivity contribution in [3.05, 3.63) is 11.8 Å². The molecule has 0 heterocycles. The summed E-state index contributed by atoms with van der Waals surface area (Å²) in [6.45, 7) is 22.4. The molecule has 0 rings (SSSR count). The predicted molar refractivity (Wildman–Crippen MR) is 111 cm³/mol. The Hall–Kier alpha value is -0.242. The van der Waals surface area contributed by atoms with Crippen LogP contribution >= 0.6 is 0 Å². The van der Waals surface area contributed by atoms with E-state index in [9.17, 15) is 4.79 Å². The van der Waals surface area contributed by atoms with Crippen LogP contribution in [0.2, 0.25) is 58.9 Å². The van der Waals surface area contributed by atoms with Crippen LogP contribution in [0.25, 0.3) is 0 Å². The second-order valence-corrected chi connectivity index (χ2v) is 25.1. The predicted octanol–water partition coefficient (Wildman–Crippen LogP) is 4.46. The molecule has 0 saturated heterocycles. The first-order valence-electron chi connectivity index (χ1n) is 8.61. The second kappa shape index (κ2) is 9.11. The van der Waals surface area contributed by atoms with Crippen molar-refractivity contribution in [3.8, 4) is 0 Å². The van der Waals surface area contributed by atoms with Gasteiger partial charge in [-0.1, -0.05) is 0 Å². The van der Waals surface area contributed by atoms with Crippen LogP contribution in [0.5, 0.6) is 0 Å². The summed E-state index contributed by atoms with van der Waals surface area (Å²) in [5, 5.41) is 0. The highest BCUT2D eigenvalue weighted by atomic mass is 28.5. The van der Waals surface area contributed by atoms with Gasteiger partial charge in [0, 0.05) is 0 Å². The Bertz CT molecular complexity index is 433. The minimum atomic E-state index is -3.43. The number of carbonyl (C=O) groups is 1. The number of hydrogen-bond donors (Lipinski definition) is 0. The van der Waals surface area contributed by atoms with Gasteiger partial charge in [0.15, 0.2) is 25.0 Å². The molecule has 0 aromatic heterocycles. The SMILES string of the molecule is CCOC(=O)C(C)=CO[Si](O[Si](C)(C)C)(O[Si](C)(C)C)O[Si](C)(C)C. The Morgan fingerprint density at radius 2 is 1.16 bits per heavy atom. The van der Waals surface area contributed by atoms with Gasteiger partial charge in [-0.2, -0.15) is 0 Å². The Labute approximate surface area is 157 Å². The maximum Gasteiger partial charge on any atom is 0.717 e. The standard InChI is InChI=1S/C15H36O6Si4/c1-12-17-15(16)14(2)13-18-25(19-22(3,4)5,20-23(6,7)8)21-24(9,10)11/h13H,12H2,1-11H3. The second-order valence-electron chi connectivity index (χ2n) is 8.78. The summed E-state index contributed by atoms with van der Waals surface area (Å²) < 4.78 is 30.1. The van der Waals surface area contributed by atoms with Crippen LogP contribution in [-0.2, 0) is 26.3 Å². The van der Waals surface area contributed by atoms with Gasteiger partial charge in [-0.3, -0.25) is 0 Å². The average molecular weight is 425 g/mol. The van der Waals surface area contributed by atoms with Crippen LogP contribution < -0.4 is 0 Å². The molecule has 0 atom stereocenters. The van der Waals surface area contributed by atoms with E-state index in [1.165, 1.54) is 6.26 Å². The highest BCUT2D eigenvalue weighted by molar-refractivity contribution is 6.87. The summed E-state index contributed by atoms with van der Waals surface area (Å²) in [5.74, 6) is -0.417. The first-order chi connectivity index (χ1) is 11.0. The van der Waals surface area contributed by atoms with Crippen molar-refractivity contribution < 1.29 is 26.3 Å². The lowest BCUT2D eigenvalue weighted by atomic mass is 10.3. The molecule has 0 fully saturated rings. The lowest BCUT2D eigenvalue weighted by molar-refractivity contribution is -0.138. The molecule has 0 aliphatic carbocycles. The van der Waals surface area contributed by atoms with Crippen molar-refractivity contribution in [2.45, 2.75) is 72.8 Å². The molecular formula is C15H36O6Si4. The third kappa shape index (κ3) is 11.9. The summed E-state index contributed by atoms with van der Waals surface area (Å²) >= 11 is 0. The van der Waals surface area contributed by atoms with Crippen LogP contribution in [0.3, 0.4) is 0 Å². The number of esters is 1. The summed E-state index contributed by atoms with van der Waals surface area (Å²) in [4.78, 5) is 11.9. The van der Waals surface area contributed by atoms with Gasteiger partial charge < -0.3 is 21.5 Å². The third-order valence-corrected chi connectivity index (χ3v) is 13.0.